The number of hydrogen-bond donors (Lipinski definition) is 0. The van der Waals surface area contributed by atoms with Gasteiger partial charge in [0.15, 0.2) is 11.5 Å². The summed E-state index contributed by atoms with van der Waals surface area (Å²) in [6.45, 7) is 1.96. The smallest absolute Gasteiger partial charge is 0.416 e. The van der Waals surface area contributed by atoms with Gasteiger partial charge in [-0.25, -0.2) is 0 Å². The highest BCUT2D eigenvalue weighted by atomic mass is 32.2. The minimum absolute atomic E-state index is 0.0802. The average molecular weight is 553 g/mol. The van der Waals surface area contributed by atoms with Crippen LogP contribution < -0.4 is 9.47 Å². The standard InChI is InChI=1S/C25H23F3N2O5S2/c1-2-34-21-12-15(13-22-23(31)29(24(36)37-22)17-6-4-3-5-7-17)8-10-20(21)35-19-11-9-16(25(26,27)28)14-18(19)30(32)33/h8-14,17H,2-7H2,1H3/b22-13-. The molecule has 1 saturated heterocycles. The lowest BCUT2D eigenvalue weighted by Crippen LogP contribution is -2.39. The van der Waals surface area contributed by atoms with Crippen LogP contribution in [0.3, 0.4) is 0 Å². The van der Waals surface area contributed by atoms with Crippen LogP contribution in [-0.4, -0.2) is 32.7 Å². The minimum Gasteiger partial charge on any atom is -0.490 e. The molecule has 0 spiro atoms. The van der Waals surface area contributed by atoms with Gasteiger partial charge in [0, 0.05) is 12.1 Å². The van der Waals surface area contributed by atoms with Crippen LogP contribution in [0.25, 0.3) is 6.08 Å². The molecule has 0 radical (unpaired) electrons. The average Bonchev–Trinajstić information content (AvgIpc) is 3.13. The molecule has 37 heavy (non-hydrogen) atoms. The number of benzene rings is 2. The Balaban J connectivity index is 1.61. The third kappa shape index (κ3) is 6.07. The van der Waals surface area contributed by atoms with Crippen LogP contribution in [0, 0.1) is 10.1 Å². The lowest BCUT2D eigenvalue weighted by Gasteiger charge is -2.29. The number of thiocarbonyl (C=S) groups is 1. The van der Waals surface area contributed by atoms with Crippen molar-refractivity contribution >= 4 is 46.0 Å². The van der Waals surface area contributed by atoms with Crippen molar-refractivity contribution < 1.29 is 32.4 Å². The largest absolute Gasteiger partial charge is 0.490 e. The zero-order valence-electron chi connectivity index (χ0n) is 19.7. The molecule has 1 aliphatic heterocycles. The Morgan fingerprint density at radius 3 is 2.49 bits per heavy atom. The van der Waals surface area contributed by atoms with E-state index in [9.17, 15) is 28.1 Å². The number of rotatable bonds is 7. The SMILES string of the molecule is CCOc1cc(/C=C2\SC(=S)N(C3CCCCC3)C2=O)ccc1Oc1ccc(C(F)(F)F)cc1[N+](=O)[O-]. The van der Waals surface area contributed by atoms with Crippen LogP contribution in [0.5, 0.6) is 17.2 Å². The molecule has 1 amide bonds. The van der Waals surface area contributed by atoms with Gasteiger partial charge in [-0.1, -0.05) is 49.3 Å². The Labute approximate surface area is 220 Å². The Morgan fingerprint density at radius 2 is 1.84 bits per heavy atom. The molecule has 0 bridgehead atoms. The quantitative estimate of drug-likeness (QED) is 0.154. The number of thioether (sulfide) groups is 1. The van der Waals surface area contributed by atoms with E-state index in [-0.39, 0.29) is 35.8 Å². The van der Waals surface area contributed by atoms with Crippen molar-refractivity contribution in [1.29, 1.82) is 0 Å². The summed E-state index contributed by atoms with van der Waals surface area (Å²) in [5.41, 5.74) is -1.37. The molecule has 1 saturated carbocycles. The van der Waals surface area contributed by atoms with Crippen LogP contribution in [-0.2, 0) is 11.0 Å². The summed E-state index contributed by atoms with van der Waals surface area (Å²) in [6.07, 6.45) is 2.10. The van der Waals surface area contributed by atoms with Crippen molar-refractivity contribution in [3.05, 3.63) is 62.5 Å². The highest BCUT2D eigenvalue weighted by Gasteiger charge is 2.37. The molecular formula is C25H23F3N2O5S2. The van der Waals surface area contributed by atoms with E-state index in [4.69, 9.17) is 21.7 Å². The number of nitro groups is 1. The molecule has 1 heterocycles. The topological polar surface area (TPSA) is 81.9 Å². The lowest BCUT2D eigenvalue weighted by atomic mass is 9.94. The third-order valence-corrected chi connectivity index (χ3v) is 7.36. The first-order valence-electron chi connectivity index (χ1n) is 11.7. The van der Waals surface area contributed by atoms with E-state index in [2.05, 4.69) is 0 Å². The number of alkyl halides is 3. The summed E-state index contributed by atoms with van der Waals surface area (Å²) in [5, 5.41) is 11.4. The molecule has 1 aliphatic carbocycles. The predicted molar refractivity (Wildman–Crippen MR) is 138 cm³/mol. The van der Waals surface area contributed by atoms with Crippen LogP contribution in [0.15, 0.2) is 41.3 Å². The molecule has 0 unspecified atom stereocenters. The number of amides is 1. The van der Waals surface area contributed by atoms with E-state index in [1.165, 1.54) is 17.8 Å². The van der Waals surface area contributed by atoms with Gasteiger partial charge >= 0.3 is 11.9 Å². The van der Waals surface area contributed by atoms with Crippen LogP contribution in [0.2, 0.25) is 0 Å². The number of nitrogens with zero attached hydrogens (tertiary/aromatic N) is 2. The van der Waals surface area contributed by atoms with Gasteiger partial charge in [0.2, 0.25) is 5.75 Å². The third-order valence-electron chi connectivity index (χ3n) is 6.03. The first kappa shape index (κ1) is 26.9. The second-order valence-electron chi connectivity index (χ2n) is 8.52. The first-order chi connectivity index (χ1) is 17.6. The van der Waals surface area contributed by atoms with E-state index >= 15 is 0 Å². The normalized spacial score (nSPS) is 17.9. The van der Waals surface area contributed by atoms with Gasteiger partial charge < -0.3 is 9.47 Å². The summed E-state index contributed by atoms with van der Waals surface area (Å²) in [7, 11) is 0. The fourth-order valence-electron chi connectivity index (χ4n) is 4.29. The van der Waals surface area contributed by atoms with Gasteiger partial charge in [0.25, 0.3) is 5.91 Å². The summed E-state index contributed by atoms with van der Waals surface area (Å²) in [4.78, 5) is 25.7. The van der Waals surface area contributed by atoms with E-state index in [1.54, 1.807) is 30.0 Å². The van der Waals surface area contributed by atoms with Crippen LogP contribution >= 0.6 is 24.0 Å². The van der Waals surface area contributed by atoms with Gasteiger partial charge in [-0.05, 0) is 55.7 Å². The predicted octanol–water partition coefficient (Wildman–Crippen LogP) is 7.34. The summed E-state index contributed by atoms with van der Waals surface area (Å²) in [5.74, 6) is -0.203. The van der Waals surface area contributed by atoms with Crippen molar-refractivity contribution in [2.24, 2.45) is 0 Å². The first-order valence-corrected chi connectivity index (χ1v) is 12.9. The number of carbonyl (C=O) groups excluding carboxylic acids is 1. The number of ether oxygens (including phenoxy) is 2. The second-order valence-corrected chi connectivity index (χ2v) is 10.2. The molecule has 2 aromatic carbocycles. The number of halogens is 3. The van der Waals surface area contributed by atoms with Crippen LogP contribution in [0.1, 0.15) is 50.2 Å². The van der Waals surface area contributed by atoms with E-state index < -0.39 is 22.4 Å². The highest BCUT2D eigenvalue weighted by Crippen LogP contribution is 2.42. The molecule has 196 valence electrons. The number of carbonyl (C=O) groups is 1. The molecule has 4 rings (SSSR count). The van der Waals surface area contributed by atoms with Crippen molar-refractivity contribution in [3.63, 3.8) is 0 Å². The Morgan fingerprint density at radius 1 is 1.14 bits per heavy atom. The molecule has 12 heteroatoms. The fraction of sp³-hybridized carbons (Fsp3) is 0.360. The van der Waals surface area contributed by atoms with Gasteiger partial charge in [-0.3, -0.25) is 19.8 Å². The van der Waals surface area contributed by atoms with Crippen molar-refractivity contribution in [1.82, 2.24) is 4.90 Å². The van der Waals surface area contributed by atoms with Gasteiger partial charge in [-0.15, -0.1) is 0 Å². The van der Waals surface area contributed by atoms with E-state index in [1.807, 2.05) is 0 Å². The Bertz CT molecular complexity index is 1260. The van der Waals surface area contributed by atoms with Crippen LogP contribution in [0.4, 0.5) is 18.9 Å². The molecule has 2 aromatic rings. The number of hydrogen-bond acceptors (Lipinski definition) is 7. The zero-order chi connectivity index (χ0) is 26.7. The maximum Gasteiger partial charge on any atom is 0.416 e. The summed E-state index contributed by atoms with van der Waals surface area (Å²) in [6, 6.07) is 6.87. The molecule has 0 atom stereocenters. The minimum atomic E-state index is -4.74. The molecule has 0 N–H and O–H groups in total. The zero-order valence-corrected chi connectivity index (χ0v) is 21.4. The number of nitro benzene ring substituents is 1. The van der Waals surface area contributed by atoms with Crippen molar-refractivity contribution in [3.8, 4) is 17.2 Å². The van der Waals surface area contributed by atoms with Crippen molar-refractivity contribution in [2.75, 3.05) is 6.61 Å². The van der Waals surface area contributed by atoms with Gasteiger partial charge in [0.05, 0.1) is 22.0 Å². The van der Waals surface area contributed by atoms with E-state index in [0.29, 0.717) is 26.9 Å². The molecule has 0 aromatic heterocycles. The second kappa shape index (κ2) is 11.1. The Hall–Kier alpha value is -3.12. The van der Waals surface area contributed by atoms with Gasteiger partial charge in [0.1, 0.15) is 4.32 Å². The maximum absolute atomic E-state index is 13.1. The maximum atomic E-state index is 13.1. The van der Waals surface area contributed by atoms with E-state index in [0.717, 1.165) is 38.2 Å². The van der Waals surface area contributed by atoms with Crippen molar-refractivity contribution in [2.45, 2.75) is 51.2 Å². The monoisotopic (exact) mass is 552 g/mol. The fourth-order valence-corrected chi connectivity index (χ4v) is 5.69. The molecular weight excluding hydrogens is 529 g/mol. The Kier molecular flexibility index (Phi) is 8.08. The molecule has 7 nitrogen and oxygen atoms in total. The highest BCUT2D eigenvalue weighted by molar-refractivity contribution is 8.26. The lowest BCUT2D eigenvalue weighted by molar-refractivity contribution is -0.385. The molecule has 2 aliphatic rings. The summed E-state index contributed by atoms with van der Waals surface area (Å²) >= 11 is 6.71. The van der Waals surface area contributed by atoms with Gasteiger partial charge in [-0.2, -0.15) is 13.2 Å². The summed E-state index contributed by atoms with van der Waals surface area (Å²) < 4.78 is 50.8. The molecule has 2 fully saturated rings.